The number of unbranched alkanes of at least 4 members (excludes halogenated alkanes) is 18. The van der Waals surface area contributed by atoms with Gasteiger partial charge in [-0.05, 0) is 39.5 Å². The summed E-state index contributed by atoms with van der Waals surface area (Å²) in [5.74, 6) is -4.94. The first-order chi connectivity index (χ1) is 31.6. The van der Waals surface area contributed by atoms with Gasteiger partial charge in [0.05, 0.1) is 26.2 Å². The standard InChI is InChI=1S/C48H86N4O13/c1-7-9-11-13-15-17-18-20-21-23-25-27-37(65-42(55)28-26-24-22-19-16-14-12-10-8-2)31-43(56)63-33-40-44(57)45(39(32-62-40)51-36(5)53)64-35(4)48(60)50-34(3)47(59)52-38(46(49)58)29-30-41(54)61-6/h34-35,37-40,44-45,57H,7-33H2,1-6H3,(H2,49,58)(H,50,60)(H,51,53)(H,52,59)/t34-,35+,37+,38-,39-,40+,44+,45+/m0/s1/i/hD. The molecule has 17 nitrogen and oxygen atoms in total. The first-order valence-electron chi connectivity index (χ1n) is 25.1. The number of nitrogens with one attached hydrogen (secondary N) is 3. The van der Waals surface area contributed by atoms with Crippen LogP contribution in [0.1, 0.15) is 195 Å². The van der Waals surface area contributed by atoms with Crippen molar-refractivity contribution in [3.05, 3.63) is 0 Å². The molecule has 1 saturated heterocycles. The molecule has 0 bridgehead atoms. The third-order valence-corrected chi connectivity index (χ3v) is 11.6. The lowest BCUT2D eigenvalue weighted by Crippen LogP contribution is -2.62. The van der Waals surface area contributed by atoms with E-state index in [-0.39, 0.29) is 38.3 Å². The van der Waals surface area contributed by atoms with E-state index in [1.807, 2.05) is 0 Å². The molecule has 1 aliphatic rings. The average molecular weight is 928 g/mol. The Hall–Kier alpha value is -3.83. The van der Waals surface area contributed by atoms with Crippen molar-refractivity contribution in [2.24, 2.45) is 5.73 Å². The zero-order chi connectivity index (χ0) is 49.3. The Balaban J connectivity index is 2.87. The molecule has 0 unspecified atom stereocenters. The first kappa shape index (κ1) is 57.3. The van der Waals surface area contributed by atoms with E-state index in [2.05, 4.69) is 29.2 Å². The minimum atomic E-state index is -1.54. The molecule has 1 rings (SSSR count). The lowest BCUT2D eigenvalue weighted by molar-refractivity contribution is -0.198. The van der Waals surface area contributed by atoms with Crippen LogP contribution < -0.4 is 21.7 Å². The molecule has 1 fully saturated rings. The zero-order valence-electron chi connectivity index (χ0n) is 41.6. The number of nitrogens with two attached hydrogens (primary N) is 1. The lowest BCUT2D eigenvalue weighted by Gasteiger charge is -2.41. The lowest BCUT2D eigenvalue weighted by atomic mass is 9.97. The third-order valence-electron chi connectivity index (χ3n) is 11.6. The van der Waals surface area contributed by atoms with E-state index < -0.39 is 90.8 Å². The predicted molar refractivity (Wildman–Crippen MR) is 246 cm³/mol. The summed E-state index contributed by atoms with van der Waals surface area (Å²) in [7, 11) is 1.17. The molecule has 0 aromatic carbocycles. The second-order valence-corrected chi connectivity index (χ2v) is 17.5. The smallest absolute Gasteiger partial charge is 0.309 e. The maximum absolute atomic E-state index is 13.4. The van der Waals surface area contributed by atoms with Gasteiger partial charge in [0.1, 0.15) is 49.2 Å². The summed E-state index contributed by atoms with van der Waals surface area (Å²) in [5, 5.41) is 16.7. The zero-order valence-corrected chi connectivity index (χ0v) is 40.6. The van der Waals surface area contributed by atoms with Crippen molar-refractivity contribution in [1.82, 2.24) is 15.9 Å². The number of methoxy groups -OCH3 is 1. The number of carbonyl (C=O) groups is 7. The molecule has 0 radical (unpaired) electrons. The van der Waals surface area contributed by atoms with E-state index in [9.17, 15) is 38.7 Å². The predicted octanol–water partition coefficient (Wildman–Crippen LogP) is 5.92. The highest BCUT2D eigenvalue weighted by Gasteiger charge is 2.43. The quantitative estimate of drug-likeness (QED) is 0.0275. The first-order valence-corrected chi connectivity index (χ1v) is 24.6. The number of ether oxygens (including phenoxy) is 5. The van der Waals surface area contributed by atoms with Crippen molar-refractivity contribution in [3.63, 3.8) is 0 Å². The summed E-state index contributed by atoms with van der Waals surface area (Å²) in [4.78, 5) is 88.0. The number of esters is 3. The van der Waals surface area contributed by atoms with Crippen LogP contribution in [0.25, 0.3) is 0 Å². The van der Waals surface area contributed by atoms with Gasteiger partial charge in [-0.1, -0.05) is 129 Å². The second-order valence-electron chi connectivity index (χ2n) is 17.5. The number of hydrogen-bond donors (Lipinski definition) is 5. The minimum absolute atomic E-state index is 0.165. The van der Waals surface area contributed by atoms with Crippen LogP contribution in [0.5, 0.6) is 0 Å². The van der Waals surface area contributed by atoms with E-state index in [1.165, 1.54) is 105 Å². The van der Waals surface area contributed by atoms with Gasteiger partial charge in [0.15, 0.2) is 1.41 Å². The molecule has 1 heterocycles. The molecule has 65 heavy (non-hydrogen) atoms. The Labute approximate surface area is 390 Å². The summed E-state index contributed by atoms with van der Waals surface area (Å²) in [6.07, 6.45) is 17.0. The van der Waals surface area contributed by atoms with E-state index in [4.69, 9.17) is 26.1 Å². The number of carbonyl (C=O) groups excluding carboxylic acids is 7. The Morgan fingerprint density at radius 3 is 1.80 bits per heavy atom. The van der Waals surface area contributed by atoms with Gasteiger partial charge < -0.3 is 50.5 Å². The molecule has 0 aliphatic carbocycles. The molecule has 0 spiro atoms. The molecule has 0 aromatic rings. The van der Waals surface area contributed by atoms with Crippen LogP contribution in [0.2, 0.25) is 1.41 Å². The fourth-order valence-corrected chi connectivity index (χ4v) is 7.65. The number of primary amides is 1. The summed E-state index contributed by atoms with van der Waals surface area (Å²) in [6.45, 7) is 7.60. The molecule has 0 saturated carbocycles. The van der Waals surface area contributed by atoms with Gasteiger partial charge in [-0.25, -0.2) is 0 Å². The largest absolute Gasteiger partial charge is 0.469 e. The molecule has 17 heteroatoms. The average Bonchev–Trinajstić information content (AvgIpc) is 3.28. The van der Waals surface area contributed by atoms with Crippen LogP contribution in [0.3, 0.4) is 0 Å². The summed E-state index contributed by atoms with van der Waals surface area (Å²) in [5.41, 5.74) is 5.37. The van der Waals surface area contributed by atoms with Crippen molar-refractivity contribution < 1.29 is 63.8 Å². The molecule has 1 aliphatic heterocycles. The van der Waals surface area contributed by atoms with Crippen LogP contribution in [0.4, 0.5) is 0 Å². The van der Waals surface area contributed by atoms with Crippen molar-refractivity contribution in [2.45, 2.75) is 244 Å². The molecule has 0 aromatic heterocycles. The molecular weight excluding hydrogens is 841 g/mol. The van der Waals surface area contributed by atoms with Crippen LogP contribution in [-0.4, -0.2) is 116 Å². The minimum Gasteiger partial charge on any atom is -0.469 e. The van der Waals surface area contributed by atoms with Crippen LogP contribution in [0, 0.1) is 0 Å². The van der Waals surface area contributed by atoms with Gasteiger partial charge in [0, 0.05) is 19.8 Å². The fraction of sp³-hybridized carbons (Fsp3) is 0.854. The van der Waals surface area contributed by atoms with Gasteiger partial charge in [-0.2, -0.15) is 0 Å². The molecular formula is C48H86N4O13. The van der Waals surface area contributed by atoms with E-state index in [0.717, 1.165) is 51.4 Å². The highest BCUT2D eigenvalue weighted by atomic mass is 16.6. The number of aliphatic hydroxyl groups excluding tert-OH is 1. The number of hydrogen-bond acceptors (Lipinski definition) is 13. The molecule has 4 amide bonds. The third kappa shape index (κ3) is 28.1. The monoisotopic (exact) mass is 928 g/mol. The van der Waals surface area contributed by atoms with Gasteiger partial charge in [-0.3, -0.25) is 33.6 Å². The maximum atomic E-state index is 13.4. The summed E-state index contributed by atoms with van der Waals surface area (Å²) < 4.78 is 36.1. The summed E-state index contributed by atoms with van der Waals surface area (Å²) in [6, 6.07) is -3.68. The van der Waals surface area contributed by atoms with Crippen molar-refractivity contribution in [3.8, 4) is 0 Å². The molecule has 8 atom stereocenters. The topological polar surface area (TPSA) is 248 Å². The van der Waals surface area contributed by atoms with Crippen molar-refractivity contribution in [2.75, 3.05) is 20.3 Å². The van der Waals surface area contributed by atoms with Gasteiger partial charge in [0.2, 0.25) is 23.6 Å². The molecule has 6 N–H and O–H groups in total. The van der Waals surface area contributed by atoms with Crippen LogP contribution in [0.15, 0.2) is 0 Å². The molecule has 376 valence electrons. The highest BCUT2D eigenvalue weighted by molar-refractivity contribution is 5.92. The Bertz CT molecular complexity index is 1420. The van der Waals surface area contributed by atoms with Crippen molar-refractivity contribution in [1.29, 1.82) is 0 Å². The second kappa shape index (κ2) is 36.3. The maximum Gasteiger partial charge on any atom is 0.309 e. The normalized spacial score (nSPS) is 19.2. The highest BCUT2D eigenvalue weighted by Crippen LogP contribution is 2.22. The van der Waals surface area contributed by atoms with Gasteiger partial charge in [-0.15, -0.1) is 0 Å². The van der Waals surface area contributed by atoms with E-state index in [1.54, 1.807) is 0 Å². The Kier molecular flexibility index (Phi) is 32.0. The van der Waals surface area contributed by atoms with Gasteiger partial charge in [0.25, 0.3) is 0 Å². The number of aliphatic hydroxyl groups is 1. The van der Waals surface area contributed by atoms with Crippen LogP contribution in [-0.2, 0) is 57.2 Å². The number of amides is 4. The van der Waals surface area contributed by atoms with E-state index >= 15 is 0 Å². The Morgan fingerprint density at radius 2 is 1.28 bits per heavy atom. The SMILES string of the molecule is [2H]N(C(=O)[C@@H](C)O[C@H]1[C@H](O)[C@@H](COC(=O)C[C@@H](CCCCCCCCCCCCC)OC(=O)CCCCCCCCCCC)OC[C@@H]1NC(C)=O)[C@@H](C)C(=O)N[C@@H](CCC(=O)OC)C(N)=O. The number of rotatable bonds is 38. The fourth-order valence-electron chi connectivity index (χ4n) is 7.65. The van der Waals surface area contributed by atoms with Crippen molar-refractivity contribution >= 4 is 41.5 Å². The Morgan fingerprint density at radius 1 is 0.738 bits per heavy atom. The van der Waals surface area contributed by atoms with Crippen LogP contribution >= 0.6 is 0 Å². The van der Waals surface area contributed by atoms with Gasteiger partial charge >= 0.3 is 17.9 Å². The summed E-state index contributed by atoms with van der Waals surface area (Å²) >= 11 is 0. The van der Waals surface area contributed by atoms with E-state index in [0.29, 0.717) is 11.7 Å².